The van der Waals surface area contributed by atoms with Crippen LogP contribution in [0.5, 0.6) is 0 Å². The number of allylic oxidation sites excluding steroid dienone is 4. The van der Waals surface area contributed by atoms with E-state index in [1.165, 1.54) is 60.4 Å². The first-order chi connectivity index (χ1) is 14.2. The highest BCUT2D eigenvalue weighted by Crippen LogP contribution is 2.68. The van der Waals surface area contributed by atoms with E-state index in [-0.39, 0.29) is 0 Å². The highest BCUT2D eigenvalue weighted by molar-refractivity contribution is 7.15. The van der Waals surface area contributed by atoms with E-state index >= 15 is 0 Å². The molecule has 0 radical (unpaired) electrons. The number of thiazole rings is 1. The van der Waals surface area contributed by atoms with Crippen LogP contribution in [-0.4, -0.2) is 11.6 Å². The molecule has 2 fully saturated rings. The van der Waals surface area contributed by atoms with E-state index in [9.17, 15) is 0 Å². The minimum atomic E-state index is 0.457. The molecule has 0 aliphatic heterocycles. The van der Waals surface area contributed by atoms with Crippen LogP contribution in [0.25, 0.3) is 10.6 Å². The van der Waals surface area contributed by atoms with E-state index in [1.807, 2.05) is 0 Å². The van der Waals surface area contributed by atoms with Crippen molar-refractivity contribution in [3.05, 3.63) is 64.4 Å². The maximum Gasteiger partial charge on any atom is 0.123 e. The summed E-state index contributed by atoms with van der Waals surface area (Å²) < 4.78 is 6.35. The fourth-order valence-corrected chi connectivity index (χ4v) is 6.57. The number of ether oxygens (including phenoxy) is 1. The minimum absolute atomic E-state index is 0.457. The molecule has 3 aliphatic rings. The van der Waals surface area contributed by atoms with Gasteiger partial charge in [0.2, 0.25) is 0 Å². The summed E-state index contributed by atoms with van der Waals surface area (Å²) in [5.41, 5.74) is 4.60. The highest BCUT2D eigenvalue weighted by atomic mass is 32.1. The van der Waals surface area contributed by atoms with Crippen molar-refractivity contribution in [2.45, 2.75) is 58.8 Å². The third-order valence-corrected chi connectivity index (χ3v) is 8.36. The number of rotatable bonds is 6. The SMILES string of the molecule is CC[C@@H]1CCCCC23CC2C(OCCc2nc(-c4ccccc4)sc2C)=CC=C13. The van der Waals surface area contributed by atoms with Crippen LogP contribution in [-0.2, 0) is 11.2 Å². The molecule has 0 bridgehead atoms. The Morgan fingerprint density at radius 2 is 2.03 bits per heavy atom. The molecule has 0 N–H and O–H groups in total. The Morgan fingerprint density at radius 1 is 1.17 bits per heavy atom. The first-order valence-electron chi connectivity index (χ1n) is 11.3. The lowest BCUT2D eigenvalue weighted by Crippen LogP contribution is -2.18. The predicted octanol–water partition coefficient (Wildman–Crippen LogP) is 7.11. The van der Waals surface area contributed by atoms with Gasteiger partial charge in [-0.25, -0.2) is 4.98 Å². The predicted molar refractivity (Wildman–Crippen MR) is 121 cm³/mol. The molecule has 2 unspecified atom stereocenters. The van der Waals surface area contributed by atoms with Gasteiger partial charge in [-0.3, -0.25) is 0 Å². The maximum atomic E-state index is 6.35. The molecule has 3 heteroatoms. The van der Waals surface area contributed by atoms with Crippen LogP contribution < -0.4 is 0 Å². The molecule has 152 valence electrons. The van der Waals surface area contributed by atoms with E-state index in [0.29, 0.717) is 11.3 Å². The summed E-state index contributed by atoms with van der Waals surface area (Å²) in [6.45, 7) is 5.27. The molecule has 3 aliphatic carbocycles. The van der Waals surface area contributed by atoms with Crippen molar-refractivity contribution in [1.29, 1.82) is 0 Å². The van der Waals surface area contributed by atoms with E-state index in [2.05, 4.69) is 56.3 Å². The van der Waals surface area contributed by atoms with Crippen molar-refractivity contribution in [2.24, 2.45) is 17.3 Å². The lowest BCUT2D eigenvalue weighted by atomic mass is 9.78. The largest absolute Gasteiger partial charge is 0.497 e. The van der Waals surface area contributed by atoms with Gasteiger partial charge in [-0.05, 0) is 44.6 Å². The van der Waals surface area contributed by atoms with Crippen molar-refractivity contribution in [2.75, 3.05) is 6.61 Å². The van der Waals surface area contributed by atoms with Gasteiger partial charge in [0, 0.05) is 28.2 Å². The fourth-order valence-electron chi connectivity index (χ4n) is 5.60. The van der Waals surface area contributed by atoms with Gasteiger partial charge >= 0.3 is 0 Å². The highest BCUT2D eigenvalue weighted by Gasteiger charge is 2.60. The topological polar surface area (TPSA) is 22.1 Å². The molecule has 0 amide bonds. The number of hydrogen-bond donors (Lipinski definition) is 0. The molecule has 5 rings (SSSR count). The Labute approximate surface area is 178 Å². The maximum absolute atomic E-state index is 6.35. The second-order valence-corrected chi connectivity index (χ2v) is 10.1. The third kappa shape index (κ3) is 3.48. The molecule has 2 saturated carbocycles. The quantitative estimate of drug-likeness (QED) is 0.511. The second-order valence-electron chi connectivity index (χ2n) is 8.94. The zero-order valence-electron chi connectivity index (χ0n) is 17.6. The Morgan fingerprint density at radius 3 is 2.86 bits per heavy atom. The minimum Gasteiger partial charge on any atom is -0.497 e. The Kier molecular flexibility index (Phi) is 5.11. The van der Waals surface area contributed by atoms with Crippen LogP contribution in [0.1, 0.15) is 56.0 Å². The zero-order valence-corrected chi connectivity index (χ0v) is 18.4. The molecular formula is C26H31NOS. The van der Waals surface area contributed by atoms with E-state index in [0.717, 1.165) is 24.0 Å². The van der Waals surface area contributed by atoms with Crippen LogP contribution >= 0.6 is 11.3 Å². The summed E-state index contributed by atoms with van der Waals surface area (Å²) in [7, 11) is 0. The molecule has 1 heterocycles. The lowest BCUT2D eigenvalue weighted by molar-refractivity contribution is 0.188. The van der Waals surface area contributed by atoms with Gasteiger partial charge in [-0.1, -0.05) is 61.7 Å². The Hall–Kier alpha value is -1.87. The number of aryl methyl sites for hydroxylation is 1. The van der Waals surface area contributed by atoms with Crippen molar-refractivity contribution >= 4 is 11.3 Å². The molecular weight excluding hydrogens is 374 g/mol. The number of nitrogens with zero attached hydrogens (tertiary/aromatic N) is 1. The number of benzene rings is 1. The van der Waals surface area contributed by atoms with Crippen LogP contribution in [0, 0.1) is 24.2 Å². The first-order valence-corrected chi connectivity index (χ1v) is 12.1. The standard InChI is InChI=1S/C26H31NOS/c1-3-19-9-7-8-15-26-17-22(26)24(13-12-21(19)26)28-16-14-23-18(2)29-25(27-23)20-10-5-4-6-11-20/h4-6,10-13,19,22H,3,7-9,14-17H2,1-2H3/t19-,22?,26?/m1/s1. The van der Waals surface area contributed by atoms with Gasteiger partial charge in [0.25, 0.3) is 0 Å². The van der Waals surface area contributed by atoms with Crippen molar-refractivity contribution in [3.8, 4) is 10.6 Å². The molecule has 1 aromatic heterocycles. The van der Waals surface area contributed by atoms with Gasteiger partial charge < -0.3 is 4.74 Å². The second kappa shape index (κ2) is 7.75. The zero-order chi connectivity index (χ0) is 19.8. The van der Waals surface area contributed by atoms with Gasteiger partial charge in [0.15, 0.2) is 0 Å². The molecule has 3 atom stereocenters. The lowest BCUT2D eigenvalue weighted by Gasteiger charge is -2.28. The summed E-state index contributed by atoms with van der Waals surface area (Å²) in [6, 6.07) is 10.5. The van der Waals surface area contributed by atoms with Crippen LogP contribution in [0.2, 0.25) is 0 Å². The summed E-state index contributed by atoms with van der Waals surface area (Å²) in [4.78, 5) is 6.21. The number of aromatic nitrogens is 1. The molecule has 29 heavy (non-hydrogen) atoms. The Bertz CT molecular complexity index is 941. The molecule has 0 saturated heterocycles. The summed E-state index contributed by atoms with van der Waals surface area (Å²) in [5, 5.41) is 1.12. The van der Waals surface area contributed by atoms with E-state index in [4.69, 9.17) is 9.72 Å². The third-order valence-electron chi connectivity index (χ3n) is 7.30. The number of hydrogen-bond acceptors (Lipinski definition) is 3. The van der Waals surface area contributed by atoms with Crippen molar-refractivity contribution < 1.29 is 4.74 Å². The fraction of sp³-hybridized carbons (Fsp3) is 0.500. The van der Waals surface area contributed by atoms with Gasteiger partial charge in [0.1, 0.15) is 5.01 Å². The van der Waals surface area contributed by atoms with Crippen molar-refractivity contribution in [3.63, 3.8) is 0 Å². The van der Waals surface area contributed by atoms with Crippen LogP contribution in [0.3, 0.4) is 0 Å². The molecule has 2 aromatic rings. The summed E-state index contributed by atoms with van der Waals surface area (Å²) >= 11 is 1.79. The van der Waals surface area contributed by atoms with E-state index < -0.39 is 0 Å². The average Bonchev–Trinajstić information content (AvgIpc) is 3.43. The Balaban J connectivity index is 1.25. The summed E-state index contributed by atoms with van der Waals surface area (Å²) in [6.07, 6.45) is 13.8. The van der Waals surface area contributed by atoms with Gasteiger partial charge in [-0.15, -0.1) is 11.3 Å². The van der Waals surface area contributed by atoms with Crippen LogP contribution in [0.15, 0.2) is 53.8 Å². The van der Waals surface area contributed by atoms with E-state index in [1.54, 1.807) is 16.9 Å². The smallest absolute Gasteiger partial charge is 0.123 e. The monoisotopic (exact) mass is 405 g/mol. The van der Waals surface area contributed by atoms with Crippen LogP contribution in [0.4, 0.5) is 0 Å². The summed E-state index contributed by atoms with van der Waals surface area (Å²) in [5.74, 6) is 2.68. The molecule has 1 spiro atoms. The van der Waals surface area contributed by atoms with Gasteiger partial charge in [-0.2, -0.15) is 0 Å². The average molecular weight is 406 g/mol. The van der Waals surface area contributed by atoms with Gasteiger partial charge in [0.05, 0.1) is 18.1 Å². The molecule has 2 nitrogen and oxygen atoms in total. The normalized spacial score (nSPS) is 27.9. The van der Waals surface area contributed by atoms with Crippen molar-refractivity contribution in [1.82, 2.24) is 4.98 Å². The molecule has 1 aromatic carbocycles. The first kappa shape index (κ1) is 19.1.